The van der Waals surface area contributed by atoms with Gasteiger partial charge in [0.1, 0.15) is 10.6 Å². The Morgan fingerprint density at radius 3 is 3.00 bits per heavy atom. The lowest BCUT2D eigenvalue weighted by molar-refractivity contribution is 0.0792. The van der Waals surface area contributed by atoms with Crippen molar-refractivity contribution in [3.63, 3.8) is 0 Å². The largest absolute Gasteiger partial charge is 0.495 e. The quantitative estimate of drug-likeness (QED) is 0.846. The molecular weight excluding hydrogens is 224 g/mol. The smallest absolute Gasteiger partial charge is 0.267 e. The van der Waals surface area contributed by atoms with Crippen molar-refractivity contribution in [2.24, 2.45) is 5.73 Å². The fourth-order valence-corrected chi connectivity index (χ4v) is 2.85. The van der Waals surface area contributed by atoms with Crippen LogP contribution in [0.3, 0.4) is 0 Å². The Morgan fingerprint density at radius 1 is 1.69 bits per heavy atom. The molecule has 2 heterocycles. The van der Waals surface area contributed by atoms with E-state index >= 15 is 0 Å². The first-order valence-corrected chi connectivity index (χ1v) is 6.12. The Balaban J connectivity index is 2.20. The van der Waals surface area contributed by atoms with Gasteiger partial charge in [0.25, 0.3) is 5.91 Å². The third kappa shape index (κ3) is 2.05. The van der Waals surface area contributed by atoms with Gasteiger partial charge in [-0.15, -0.1) is 11.3 Å². The van der Waals surface area contributed by atoms with Crippen molar-refractivity contribution >= 4 is 17.2 Å². The second kappa shape index (κ2) is 4.43. The molecule has 1 saturated heterocycles. The summed E-state index contributed by atoms with van der Waals surface area (Å²) in [6, 6.07) is 2.02. The van der Waals surface area contributed by atoms with Crippen molar-refractivity contribution in [1.29, 1.82) is 0 Å². The maximum absolute atomic E-state index is 12.2. The maximum Gasteiger partial charge on any atom is 0.267 e. The van der Waals surface area contributed by atoms with Crippen LogP contribution in [0.4, 0.5) is 0 Å². The van der Waals surface area contributed by atoms with Gasteiger partial charge in [-0.2, -0.15) is 0 Å². The minimum Gasteiger partial charge on any atom is -0.495 e. The highest BCUT2D eigenvalue weighted by molar-refractivity contribution is 7.14. The fraction of sp³-hybridized carbons (Fsp3) is 0.545. The standard InChI is InChI=1S/C11H16N2O2S/c1-7-5-9(15-2)10(16-7)11(14)13-4-3-8(12)6-13/h5,8H,3-4,6,12H2,1-2H3/t8-/m1/s1. The zero-order chi connectivity index (χ0) is 11.7. The van der Waals surface area contributed by atoms with Gasteiger partial charge in [-0.3, -0.25) is 4.79 Å². The number of hydrogen-bond donors (Lipinski definition) is 1. The Bertz CT molecular complexity index is 403. The molecule has 4 nitrogen and oxygen atoms in total. The second-order valence-corrected chi connectivity index (χ2v) is 5.31. The van der Waals surface area contributed by atoms with E-state index in [9.17, 15) is 4.79 Å². The van der Waals surface area contributed by atoms with Gasteiger partial charge in [-0.25, -0.2) is 0 Å². The lowest BCUT2D eigenvalue weighted by Gasteiger charge is -2.15. The number of aryl methyl sites for hydroxylation is 1. The summed E-state index contributed by atoms with van der Waals surface area (Å²) in [6.07, 6.45) is 0.887. The molecule has 1 aliphatic rings. The first kappa shape index (κ1) is 11.4. The van der Waals surface area contributed by atoms with Crippen molar-refractivity contribution in [3.8, 4) is 5.75 Å². The van der Waals surface area contributed by atoms with Crippen LogP contribution in [0.1, 0.15) is 21.0 Å². The van der Waals surface area contributed by atoms with Crippen LogP contribution >= 0.6 is 11.3 Å². The van der Waals surface area contributed by atoms with Gasteiger partial charge >= 0.3 is 0 Å². The number of thiophene rings is 1. The van der Waals surface area contributed by atoms with E-state index in [1.807, 2.05) is 13.0 Å². The summed E-state index contributed by atoms with van der Waals surface area (Å²) in [7, 11) is 1.59. The number of methoxy groups -OCH3 is 1. The van der Waals surface area contributed by atoms with Crippen LogP contribution in [0.25, 0.3) is 0 Å². The molecule has 2 rings (SSSR count). The number of amides is 1. The van der Waals surface area contributed by atoms with E-state index in [0.29, 0.717) is 17.2 Å². The Kier molecular flexibility index (Phi) is 3.16. The van der Waals surface area contributed by atoms with Crippen LogP contribution in [0.15, 0.2) is 6.07 Å². The molecular formula is C11H16N2O2S. The van der Waals surface area contributed by atoms with Gasteiger partial charge < -0.3 is 15.4 Å². The molecule has 0 spiro atoms. The first-order valence-electron chi connectivity index (χ1n) is 5.31. The average Bonchev–Trinajstić information content (AvgIpc) is 2.83. The minimum atomic E-state index is 0.0444. The summed E-state index contributed by atoms with van der Waals surface area (Å²) >= 11 is 1.48. The van der Waals surface area contributed by atoms with Crippen molar-refractivity contribution in [1.82, 2.24) is 4.90 Å². The van der Waals surface area contributed by atoms with E-state index in [-0.39, 0.29) is 11.9 Å². The molecule has 2 N–H and O–H groups in total. The summed E-state index contributed by atoms with van der Waals surface area (Å²) < 4.78 is 5.21. The summed E-state index contributed by atoms with van der Waals surface area (Å²) in [5.74, 6) is 0.718. The van der Waals surface area contributed by atoms with E-state index in [0.717, 1.165) is 17.8 Å². The maximum atomic E-state index is 12.2. The monoisotopic (exact) mass is 240 g/mol. The van der Waals surface area contributed by atoms with E-state index < -0.39 is 0 Å². The number of rotatable bonds is 2. The van der Waals surface area contributed by atoms with Crippen LogP contribution in [0.5, 0.6) is 5.75 Å². The van der Waals surface area contributed by atoms with E-state index in [2.05, 4.69) is 0 Å². The van der Waals surface area contributed by atoms with Gasteiger partial charge in [0, 0.05) is 24.0 Å². The molecule has 88 valence electrons. The Hall–Kier alpha value is -1.07. The molecule has 16 heavy (non-hydrogen) atoms. The van der Waals surface area contributed by atoms with Crippen molar-refractivity contribution in [2.45, 2.75) is 19.4 Å². The van der Waals surface area contributed by atoms with Crippen molar-refractivity contribution < 1.29 is 9.53 Å². The highest BCUT2D eigenvalue weighted by atomic mass is 32.1. The summed E-state index contributed by atoms with van der Waals surface area (Å²) in [4.78, 5) is 15.8. The molecule has 1 fully saturated rings. The topological polar surface area (TPSA) is 55.6 Å². The molecule has 0 saturated carbocycles. The normalized spacial score (nSPS) is 20.2. The molecule has 0 radical (unpaired) electrons. The zero-order valence-electron chi connectivity index (χ0n) is 9.53. The van der Waals surface area contributed by atoms with Crippen molar-refractivity contribution in [2.75, 3.05) is 20.2 Å². The zero-order valence-corrected chi connectivity index (χ0v) is 10.3. The first-order chi connectivity index (χ1) is 7.61. The predicted octanol–water partition coefficient (Wildman–Crippen LogP) is 1.24. The number of carbonyl (C=O) groups excluding carboxylic acids is 1. The average molecular weight is 240 g/mol. The minimum absolute atomic E-state index is 0.0444. The van der Waals surface area contributed by atoms with Gasteiger partial charge in [0.05, 0.1) is 7.11 Å². The molecule has 1 aromatic heterocycles. The fourth-order valence-electron chi connectivity index (χ4n) is 1.91. The highest BCUT2D eigenvalue weighted by Crippen LogP contribution is 2.30. The summed E-state index contributed by atoms with van der Waals surface area (Å²) in [5.41, 5.74) is 5.80. The number of likely N-dealkylation sites (tertiary alicyclic amines) is 1. The van der Waals surface area contributed by atoms with Gasteiger partial charge in [0.2, 0.25) is 0 Å². The van der Waals surface area contributed by atoms with Crippen LogP contribution in [0.2, 0.25) is 0 Å². The Labute approximate surface area is 99.0 Å². The number of nitrogens with zero attached hydrogens (tertiary/aromatic N) is 1. The van der Waals surface area contributed by atoms with Crippen LogP contribution in [-0.2, 0) is 0 Å². The number of hydrogen-bond acceptors (Lipinski definition) is 4. The van der Waals surface area contributed by atoms with E-state index in [1.165, 1.54) is 11.3 Å². The van der Waals surface area contributed by atoms with Crippen molar-refractivity contribution in [3.05, 3.63) is 15.8 Å². The van der Waals surface area contributed by atoms with Gasteiger partial charge in [0.15, 0.2) is 0 Å². The molecule has 1 aromatic rings. The predicted molar refractivity (Wildman–Crippen MR) is 64.1 cm³/mol. The molecule has 1 atom stereocenters. The molecule has 0 unspecified atom stereocenters. The van der Waals surface area contributed by atoms with Crippen LogP contribution in [-0.4, -0.2) is 37.0 Å². The summed E-state index contributed by atoms with van der Waals surface area (Å²) in [6.45, 7) is 3.37. The SMILES string of the molecule is COc1cc(C)sc1C(=O)N1CC[C@@H](N)C1. The van der Waals surface area contributed by atoms with Crippen LogP contribution < -0.4 is 10.5 Å². The molecule has 0 bridgehead atoms. The Morgan fingerprint density at radius 2 is 2.44 bits per heavy atom. The highest BCUT2D eigenvalue weighted by Gasteiger charge is 2.27. The number of nitrogens with two attached hydrogens (primary N) is 1. The van der Waals surface area contributed by atoms with E-state index in [4.69, 9.17) is 10.5 Å². The lowest BCUT2D eigenvalue weighted by Crippen LogP contribution is -2.31. The lowest BCUT2D eigenvalue weighted by atomic mass is 10.3. The van der Waals surface area contributed by atoms with E-state index in [1.54, 1.807) is 12.0 Å². The molecule has 1 amide bonds. The molecule has 0 aliphatic carbocycles. The number of carbonyl (C=O) groups is 1. The molecule has 5 heteroatoms. The van der Waals surface area contributed by atoms with Gasteiger partial charge in [-0.05, 0) is 19.4 Å². The summed E-state index contributed by atoms with van der Waals surface area (Å²) in [5, 5.41) is 0. The molecule has 1 aliphatic heterocycles. The third-order valence-corrected chi connectivity index (χ3v) is 3.77. The van der Waals surface area contributed by atoms with Crippen LogP contribution in [0, 0.1) is 6.92 Å². The number of ether oxygens (including phenoxy) is 1. The molecule has 0 aromatic carbocycles. The third-order valence-electron chi connectivity index (χ3n) is 2.75. The second-order valence-electron chi connectivity index (χ2n) is 4.05. The van der Waals surface area contributed by atoms with Gasteiger partial charge in [-0.1, -0.05) is 0 Å².